The molecular weight excluding hydrogens is 448 g/mol. The minimum absolute atomic E-state index is 0.0840. The molecule has 0 spiro atoms. The topological polar surface area (TPSA) is 87.7 Å². The van der Waals surface area contributed by atoms with Crippen molar-refractivity contribution in [2.24, 2.45) is 0 Å². The Bertz CT molecular complexity index is 887. The SMILES string of the molecule is CC(C)(C)OC(=O)N1CC(NC(=O)CNC(=O)c2cc(C(F)(F)F)ccc2C(F)(F)F)C1. The number of alkyl halides is 6. The van der Waals surface area contributed by atoms with Crippen molar-refractivity contribution in [3.05, 3.63) is 34.9 Å². The van der Waals surface area contributed by atoms with E-state index in [1.807, 2.05) is 5.32 Å². The average Bonchev–Trinajstić information content (AvgIpc) is 2.58. The van der Waals surface area contributed by atoms with E-state index >= 15 is 0 Å². The van der Waals surface area contributed by atoms with Gasteiger partial charge in [-0.3, -0.25) is 9.59 Å². The molecule has 0 atom stereocenters. The number of carbonyl (C=O) groups is 3. The Balaban J connectivity index is 1.94. The largest absolute Gasteiger partial charge is 0.444 e. The van der Waals surface area contributed by atoms with Gasteiger partial charge in [0.2, 0.25) is 5.91 Å². The molecule has 0 radical (unpaired) electrons. The Morgan fingerprint density at radius 1 is 1.03 bits per heavy atom. The Hall–Kier alpha value is -2.99. The van der Waals surface area contributed by atoms with Gasteiger partial charge in [0.05, 0.1) is 29.3 Å². The Kier molecular flexibility index (Phi) is 7.00. The van der Waals surface area contributed by atoms with Crippen LogP contribution < -0.4 is 10.6 Å². The second kappa shape index (κ2) is 8.87. The standard InChI is InChI=1S/C19H21F6N3O4/c1-17(2,3)32-16(31)28-8-11(9-28)27-14(29)7-26-15(30)12-6-10(18(20,21)22)4-5-13(12)19(23,24)25/h4-6,11H,7-9H2,1-3H3,(H,26,30)(H,27,29). The molecule has 2 rings (SSSR count). The van der Waals surface area contributed by atoms with Crippen molar-refractivity contribution in [1.82, 2.24) is 15.5 Å². The van der Waals surface area contributed by atoms with Crippen LogP contribution in [0.5, 0.6) is 0 Å². The number of nitrogens with zero attached hydrogens (tertiary/aromatic N) is 1. The molecular formula is C19H21F6N3O4. The normalized spacial score (nSPS) is 15.1. The van der Waals surface area contributed by atoms with E-state index in [-0.39, 0.29) is 31.3 Å². The lowest BCUT2D eigenvalue weighted by atomic mass is 10.0. The summed E-state index contributed by atoms with van der Waals surface area (Å²) >= 11 is 0. The maximum absolute atomic E-state index is 13.1. The zero-order chi connectivity index (χ0) is 24.5. The zero-order valence-corrected chi connectivity index (χ0v) is 17.3. The second-order valence-electron chi connectivity index (χ2n) is 8.09. The summed E-state index contributed by atoms with van der Waals surface area (Å²) in [6.07, 6.45) is -10.6. The molecule has 0 unspecified atom stereocenters. The number of hydrogen-bond acceptors (Lipinski definition) is 4. The molecule has 1 aromatic rings. The first-order valence-electron chi connectivity index (χ1n) is 9.31. The highest BCUT2D eigenvalue weighted by atomic mass is 19.4. The van der Waals surface area contributed by atoms with Gasteiger partial charge in [-0.2, -0.15) is 26.3 Å². The lowest BCUT2D eigenvalue weighted by Gasteiger charge is -2.39. The van der Waals surface area contributed by atoms with Crippen molar-refractivity contribution in [1.29, 1.82) is 0 Å². The highest BCUT2D eigenvalue weighted by Crippen LogP contribution is 2.36. The van der Waals surface area contributed by atoms with Crippen LogP contribution in [0.1, 0.15) is 42.3 Å². The van der Waals surface area contributed by atoms with E-state index < -0.39 is 65.1 Å². The molecule has 0 saturated carbocycles. The highest BCUT2D eigenvalue weighted by molar-refractivity contribution is 5.98. The van der Waals surface area contributed by atoms with Crippen molar-refractivity contribution in [3.8, 4) is 0 Å². The number of nitrogens with one attached hydrogen (secondary N) is 2. The Labute approximate surface area is 179 Å². The molecule has 1 fully saturated rings. The monoisotopic (exact) mass is 469 g/mol. The number of benzene rings is 1. The lowest BCUT2D eigenvalue weighted by molar-refractivity contribution is -0.141. The molecule has 3 amide bonds. The smallest absolute Gasteiger partial charge is 0.417 e. The van der Waals surface area contributed by atoms with Crippen LogP contribution in [0.25, 0.3) is 0 Å². The summed E-state index contributed by atoms with van der Waals surface area (Å²) in [4.78, 5) is 37.2. The Morgan fingerprint density at radius 3 is 2.12 bits per heavy atom. The molecule has 1 aliphatic rings. The first kappa shape index (κ1) is 25.3. The molecule has 178 valence electrons. The van der Waals surface area contributed by atoms with Gasteiger partial charge in [0.15, 0.2) is 0 Å². The van der Waals surface area contributed by atoms with Crippen LogP contribution >= 0.6 is 0 Å². The number of halogens is 6. The van der Waals surface area contributed by atoms with Gasteiger partial charge in [-0.05, 0) is 39.0 Å². The van der Waals surface area contributed by atoms with Gasteiger partial charge in [-0.15, -0.1) is 0 Å². The summed E-state index contributed by atoms with van der Waals surface area (Å²) in [5.74, 6) is -2.27. The number of hydrogen-bond donors (Lipinski definition) is 2. The lowest BCUT2D eigenvalue weighted by Crippen LogP contribution is -2.62. The van der Waals surface area contributed by atoms with Crippen LogP contribution in [0.3, 0.4) is 0 Å². The van der Waals surface area contributed by atoms with E-state index in [9.17, 15) is 40.7 Å². The van der Waals surface area contributed by atoms with E-state index in [0.29, 0.717) is 0 Å². The maximum atomic E-state index is 13.1. The fourth-order valence-electron chi connectivity index (χ4n) is 2.74. The van der Waals surface area contributed by atoms with E-state index in [1.165, 1.54) is 4.90 Å². The van der Waals surface area contributed by atoms with Gasteiger partial charge in [0.1, 0.15) is 5.60 Å². The highest BCUT2D eigenvalue weighted by Gasteiger charge is 2.39. The maximum Gasteiger partial charge on any atom is 0.417 e. The van der Waals surface area contributed by atoms with Crippen molar-refractivity contribution in [2.75, 3.05) is 19.6 Å². The molecule has 0 aliphatic carbocycles. The predicted molar refractivity (Wildman–Crippen MR) is 98.5 cm³/mol. The third kappa shape index (κ3) is 6.76. The molecule has 2 N–H and O–H groups in total. The summed E-state index contributed by atoms with van der Waals surface area (Å²) in [5.41, 5.74) is -4.94. The minimum Gasteiger partial charge on any atom is -0.444 e. The van der Waals surface area contributed by atoms with Crippen molar-refractivity contribution in [3.63, 3.8) is 0 Å². The molecule has 1 aliphatic heterocycles. The molecule has 13 heteroatoms. The van der Waals surface area contributed by atoms with Gasteiger partial charge < -0.3 is 20.3 Å². The first-order chi connectivity index (χ1) is 14.5. The summed E-state index contributed by atoms with van der Waals surface area (Å²) in [5, 5.41) is 4.33. The third-order valence-electron chi connectivity index (χ3n) is 4.20. The fraction of sp³-hybridized carbons (Fsp3) is 0.526. The fourth-order valence-corrected chi connectivity index (χ4v) is 2.74. The van der Waals surface area contributed by atoms with Crippen LogP contribution in [0.2, 0.25) is 0 Å². The number of carbonyl (C=O) groups excluding carboxylic acids is 3. The van der Waals surface area contributed by atoms with Gasteiger partial charge in [0, 0.05) is 13.1 Å². The predicted octanol–water partition coefficient (Wildman–Crippen LogP) is 3.19. The first-order valence-corrected chi connectivity index (χ1v) is 9.31. The third-order valence-corrected chi connectivity index (χ3v) is 4.20. The number of rotatable bonds is 4. The summed E-state index contributed by atoms with van der Waals surface area (Å²) in [6, 6.07) is 0.00323. The van der Waals surface area contributed by atoms with E-state index in [2.05, 4.69) is 5.32 Å². The van der Waals surface area contributed by atoms with Crippen molar-refractivity contribution >= 4 is 17.9 Å². The zero-order valence-electron chi connectivity index (χ0n) is 17.3. The van der Waals surface area contributed by atoms with E-state index in [1.54, 1.807) is 20.8 Å². The van der Waals surface area contributed by atoms with Crippen LogP contribution in [0.15, 0.2) is 18.2 Å². The summed E-state index contributed by atoms with van der Waals surface area (Å²) < 4.78 is 82.9. The Morgan fingerprint density at radius 2 is 1.62 bits per heavy atom. The number of amides is 3. The van der Waals surface area contributed by atoms with Gasteiger partial charge in [-0.25, -0.2) is 4.79 Å². The molecule has 1 aromatic carbocycles. The molecule has 0 bridgehead atoms. The van der Waals surface area contributed by atoms with Gasteiger partial charge in [0.25, 0.3) is 5.91 Å². The molecule has 1 saturated heterocycles. The van der Waals surface area contributed by atoms with Crippen LogP contribution in [-0.4, -0.2) is 54.1 Å². The van der Waals surface area contributed by atoms with Crippen molar-refractivity contribution in [2.45, 2.75) is 44.8 Å². The summed E-state index contributed by atoms with van der Waals surface area (Å²) in [6.45, 7) is 4.53. The molecule has 32 heavy (non-hydrogen) atoms. The van der Waals surface area contributed by atoms with Gasteiger partial charge >= 0.3 is 18.4 Å². The quantitative estimate of drug-likeness (QED) is 0.664. The van der Waals surface area contributed by atoms with Crippen LogP contribution in [-0.2, 0) is 21.9 Å². The summed E-state index contributed by atoms with van der Waals surface area (Å²) in [7, 11) is 0. The van der Waals surface area contributed by atoms with E-state index in [4.69, 9.17) is 4.74 Å². The van der Waals surface area contributed by atoms with Gasteiger partial charge in [-0.1, -0.05) is 0 Å². The average molecular weight is 469 g/mol. The molecule has 7 nitrogen and oxygen atoms in total. The second-order valence-corrected chi connectivity index (χ2v) is 8.09. The minimum atomic E-state index is -5.07. The van der Waals surface area contributed by atoms with Crippen LogP contribution in [0.4, 0.5) is 31.1 Å². The number of ether oxygens (including phenoxy) is 1. The van der Waals surface area contributed by atoms with E-state index in [0.717, 1.165) is 0 Å². The van der Waals surface area contributed by atoms with Crippen LogP contribution in [0, 0.1) is 0 Å². The number of likely N-dealkylation sites (tertiary alicyclic amines) is 1. The van der Waals surface area contributed by atoms with Crippen molar-refractivity contribution < 1.29 is 45.5 Å². The molecule has 1 heterocycles. The molecule has 0 aromatic heterocycles.